The molecule has 1 amide bonds. The lowest BCUT2D eigenvalue weighted by Gasteiger charge is -2.34. The summed E-state index contributed by atoms with van der Waals surface area (Å²) >= 11 is 0. The highest BCUT2D eigenvalue weighted by atomic mass is 31.2. The van der Waals surface area contributed by atoms with Crippen molar-refractivity contribution in [2.45, 2.75) is 84.2 Å². The third kappa shape index (κ3) is 8.94. The molecule has 5 rings (SSSR count). The number of nitrogens with one attached hydrogen (secondary N) is 1. The highest BCUT2D eigenvalue weighted by Gasteiger charge is 2.41. The second kappa shape index (κ2) is 15.2. The number of benzene rings is 3. The van der Waals surface area contributed by atoms with Gasteiger partial charge in [0.05, 0.1) is 29.9 Å². The Hall–Kier alpha value is -4.08. The van der Waals surface area contributed by atoms with Gasteiger partial charge in [0.25, 0.3) is 5.91 Å². The van der Waals surface area contributed by atoms with Gasteiger partial charge in [0.15, 0.2) is 0 Å². The fourth-order valence-corrected chi connectivity index (χ4v) is 7.50. The number of hydrogen-bond donors (Lipinski definition) is 1. The van der Waals surface area contributed by atoms with Crippen LogP contribution in [-0.4, -0.2) is 41.4 Å². The fourth-order valence-electron chi connectivity index (χ4n) is 6.20. The predicted octanol–water partition coefficient (Wildman–Crippen LogP) is 9.39. The van der Waals surface area contributed by atoms with E-state index in [1.165, 1.54) is 19.2 Å². The van der Waals surface area contributed by atoms with Crippen molar-refractivity contribution in [2.24, 2.45) is 0 Å². The van der Waals surface area contributed by atoms with Crippen molar-refractivity contribution in [3.05, 3.63) is 102 Å². The number of rotatable bonds is 11. The predicted molar refractivity (Wildman–Crippen MR) is 188 cm³/mol. The first kappa shape index (κ1) is 36.2. The van der Waals surface area contributed by atoms with Crippen molar-refractivity contribution in [1.82, 2.24) is 4.57 Å². The zero-order valence-electron chi connectivity index (χ0n) is 28.8. The number of aromatic nitrogens is 1. The van der Waals surface area contributed by atoms with Crippen LogP contribution in [0.2, 0.25) is 0 Å². The van der Waals surface area contributed by atoms with Gasteiger partial charge < -0.3 is 14.6 Å². The molecule has 1 N–H and O–H groups in total. The molecular formula is C38H44FN2O7P. The van der Waals surface area contributed by atoms with E-state index in [9.17, 15) is 18.5 Å². The van der Waals surface area contributed by atoms with E-state index in [4.69, 9.17) is 18.3 Å². The second-order valence-corrected chi connectivity index (χ2v) is 15.1. The van der Waals surface area contributed by atoms with Crippen LogP contribution in [-0.2, 0) is 34.2 Å². The Kier molecular flexibility index (Phi) is 11.2. The Morgan fingerprint density at radius 3 is 2.14 bits per heavy atom. The Morgan fingerprint density at radius 2 is 1.55 bits per heavy atom. The van der Waals surface area contributed by atoms with Gasteiger partial charge in [0, 0.05) is 37.0 Å². The first-order chi connectivity index (χ1) is 23.3. The number of phosphoric acid groups is 1. The fraction of sp³-hybridized carbons (Fsp3) is 0.368. The Bertz CT molecular complexity index is 1800. The van der Waals surface area contributed by atoms with Crippen LogP contribution >= 0.6 is 7.82 Å². The molecule has 1 fully saturated rings. The molecule has 0 bridgehead atoms. The first-order valence-electron chi connectivity index (χ1n) is 16.5. The zero-order chi connectivity index (χ0) is 35.3. The molecular weight excluding hydrogens is 646 g/mol. The van der Waals surface area contributed by atoms with Gasteiger partial charge in [-0.3, -0.25) is 23.2 Å². The van der Waals surface area contributed by atoms with Gasteiger partial charge in [0.2, 0.25) is 0 Å². The maximum absolute atomic E-state index is 14.3. The molecule has 4 aromatic rings. The van der Waals surface area contributed by atoms with Crippen LogP contribution in [0.1, 0.15) is 75.9 Å². The molecule has 3 atom stereocenters. The summed E-state index contributed by atoms with van der Waals surface area (Å²) in [6, 6.07) is 25.1. The lowest BCUT2D eigenvalue weighted by molar-refractivity contribution is -0.157. The number of para-hydroxylation sites is 1. The number of carbonyl (C=O) groups excluding carboxylic acids is 2. The average Bonchev–Trinajstić information content (AvgIpc) is 3.39. The highest BCUT2D eigenvalue weighted by Crippen LogP contribution is 2.56. The molecule has 0 radical (unpaired) electrons. The lowest BCUT2D eigenvalue weighted by Crippen LogP contribution is -2.33. The Morgan fingerprint density at radius 1 is 0.939 bits per heavy atom. The topological polar surface area (TPSA) is 105 Å². The van der Waals surface area contributed by atoms with E-state index < -0.39 is 31.6 Å². The average molecular weight is 691 g/mol. The summed E-state index contributed by atoms with van der Waals surface area (Å²) in [7, 11) is -2.73. The minimum Gasteiger partial charge on any atom is -0.460 e. The van der Waals surface area contributed by atoms with Gasteiger partial charge in [0.1, 0.15) is 11.4 Å². The number of anilines is 1. The summed E-state index contributed by atoms with van der Waals surface area (Å²) in [6.45, 7) is 9.72. The van der Waals surface area contributed by atoms with Crippen LogP contribution in [0, 0.1) is 5.82 Å². The van der Waals surface area contributed by atoms with Crippen LogP contribution in [0.5, 0.6) is 0 Å². The third-order valence-corrected chi connectivity index (χ3v) is 9.64. The maximum atomic E-state index is 14.3. The van der Waals surface area contributed by atoms with E-state index in [0.29, 0.717) is 29.8 Å². The van der Waals surface area contributed by atoms with E-state index in [-0.39, 0.29) is 30.5 Å². The van der Waals surface area contributed by atoms with E-state index in [0.717, 1.165) is 22.5 Å². The van der Waals surface area contributed by atoms with Crippen molar-refractivity contribution >= 4 is 25.4 Å². The quantitative estimate of drug-likeness (QED) is 0.124. The van der Waals surface area contributed by atoms with Gasteiger partial charge in [-0.1, -0.05) is 62.4 Å². The molecule has 3 aromatic carbocycles. The van der Waals surface area contributed by atoms with Crippen LogP contribution in [0.4, 0.5) is 10.1 Å². The van der Waals surface area contributed by atoms with Crippen molar-refractivity contribution in [3.63, 3.8) is 0 Å². The molecule has 1 saturated heterocycles. The zero-order valence-corrected chi connectivity index (χ0v) is 29.7. The van der Waals surface area contributed by atoms with Crippen LogP contribution in [0.25, 0.3) is 22.4 Å². The summed E-state index contributed by atoms with van der Waals surface area (Å²) < 4.78 is 51.9. The summed E-state index contributed by atoms with van der Waals surface area (Å²) in [5, 5.41) is 3.08. The first-order valence-corrected chi connectivity index (χ1v) is 17.9. The van der Waals surface area contributed by atoms with Gasteiger partial charge in [-0.15, -0.1) is 0 Å². The molecule has 0 spiro atoms. The molecule has 49 heavy (non-hydrogen) atoms. The molecule has 2 heterocycles. The summed E-state index contributed by atoms with van der Waals surface area (Å²) in [4.78, 5) is 27.0. The monoisotopic (exact) mass is 690 g/mol. The van der Waals surface area contributed by atoms with Crippen molar-refractivity contribution in [2.75, 3.05) is 12.4 Å². The lowest BCUT2D eigenvalue weighted by atomic mass is 9.94. The smallest absolute Gasteiger partial charge is 0.460 e. The van der Waals surface area contributed by atoms with Crippen molar-refractivity contribution in [3.8, 4) is 22.4 Å². The van der Waals surface area contributed by atoms with Crippen LogP contribution in [0.15, 0.2) is 84.9 Å². The number of carbonyl (C=O) groups is 2. The number of nitrogens with zero attached hydrogens (tertiary/aromatic N) is 1. The summed E-state index contributed by atoms with van der Waals surface area (Å²) in [6.07, 6.45) is -0.870. The van der Waals surface area contributed by atoms with Crippen LogP contribution < -0.4 is 5.32 Å². The summed E-state index contributed by atoms with van der Waals surface area (Å²) in [5.74, 6) is -1.25. The standard InChI is InChI=1S/C38H44FN2O7P/c1-25(2)35-34(37(43)40-29-15-11-8-12-16-29)33(26-13-9-7-10-14-26)36(27-17-19-28(39)20-18-27)41(35)22-21-30-23-31(48-49(44,45-6)47-30)24-32(42)46-38(3,4)5/h7-20,25,30-31H,21-24H2,1-6H3,(H,40,43)/t30-,31-,49?/m1/s1. The SMILES string of the molecule is COP1(=O)O[C@H](CCn2c(-c3ccc(F)cc3)c(-c3ccccc3)c(C(=O)Nc3ccccc3)c2C(C)C)C[C@H](CC(=O)OC(C)(C)C)O1. The Balaban J connectivity index is 1.60. The molecule has 0 saturated carbocycles. The molecule has 1 aliphatic heterocycles. The number of ether oxygens (including phenoxy) is 1. The van der Waals surface area contributed by atoms with E-state index in [1.54, 1.807) is 32.9 Å². The minimum absolute atomic E-state index is 0.117. The van der Waals surface area contributed by atoms with Gasteiger partial charge >= 0.3 is 13.8 Å². The van der Waals surface area contributed by atoms with Gasteiger partial charge in [-0.05, 0) is 80.6 Å². The molecule has 1 aliphatic rings. The second-order valence-electron chi connectivity index (χ2n) is 13.4. The maximum Gasteiger partial charge on any atom is 0.475 e. The number of esters is 1. The minimum atomic E-state index is -3.97. The molecule has 1 unspecified atom stereocenters. The summed E-state index contributed by atoms with van der Waals surface area (Å²) in [5.41, 5.74) is 4.23. The van der Waals surface area contributed by atoms with Gasteiger partial charge in [-0.2, -0.15) is 0 Å². The molecule has 260 valence electrons. The van der Waals surface area contributed by atoms with Gasteiger partial charge in [-0.25, -0.2) is 8.96 Å². The van der Waals surface area contributed by atoms with Crippen molar-refractivity contribution in [1.29, 1.82) is 0 Å². The van der Waals surface area contributed by atoms with Crippen molar-refractivity contribution < 1.29 is 36.9 Å². The van der Waals surface area contributed by atoms with E-state index >= 15 is 0 Å². The number of amides is 1. The third-order valence-electron chi connectivity index (χ3n) is 8.08. The van der Waals surface area contributed by atoms with Crippen LogP contribution in [0.3, 0.4) is 0 Å². The number of phosphoric ester groups is 1. The van der Waals surface area contributed by atoms with E-state index in [2.05, 4.69) is 9.88 Å². The number of hydrogen-bond acceptors (Lipinski definition) is 7. The molecule has 1 aromatic heterocycles. The van der Waals surface area contributed by atoms with E-state index in [1.807, 2.05) is 74.5 Å². The molecule has 11 heteroatoms. The number of halogens is 1. The normalized spacial score (nSPS) is 19.5. The molecule has 9 nitrogen and oxygen atoms in total. The molecule has 0 aliphatic carbocycles. The largest absolute Gasteiger partial charge is 0.475 e. The Labute approximate surface area is 287 Å². The highest BCUT2D eigenvalue weighted by molar-refractivity contribution is 7.48.